The lowest BCUT2D eigenvalue weighted by molar-refractivity contribution is -0.129. The van der Waals surface area contributed by atoms with E-state index in [-0.39, 0.29) is 23.1 Å². The molecule has 0 spiro atoms. The van der Waals surface area contributed by atoms with E-state index >= 15 is 0 Å². The van der Waals surface area contributed by atoms with Crippen LogP contribution >= 0.6 is 0 Å². The van der Waals surface area contributed by atoms with E-state index in [0.29, 0.717) is 32.7 Å². The zero-order valence-electron chi connectivity index (χ0n) is 19.1. The maximum absolute atomic E-state index is 13.4. The molecule has 2 amide bonds. The number of aryl methyl sites for hydroxylation is 1. The molecule has 9 heteroatoms. The Bertz CT molecular complexity index is 1130. The number of pyridine rings is 1. The van der Waals surface area contributed by atoms with Gasteiger partial charge in [-0.2, -0.15) is 4.31 Å². The van der Waals surface area contributed by atoms with Gasteiger partial charge in [0.2, 0.25) is 21.8 Å². The van der Waals surface area contributed by atoms with Crippen LogP contribution in [0.5, 0.6) is 0 Å². The molecule has 1 aromatic carbocycles. The molecule has 0 aliphatic carbocycles. The van der Waals surface area contributed by atoms with Crippen molar-refractivity contribution in [3.05, 3.63) is 53.9 Å². The summed E-state index contributed by atoms with van der Waals surface area (Å²) in [4.78, 5) is 33.9. The fourth-order valence-electron chi connectivity index (χ4n) is 4.67. The van der Waals surface area contributed by atoms with Gasteiger partial charge in [-0.15, -0.1) is 0 Å². The normalized spacial score (nSPS) is 18.6. The highest BCUT2D eigenvalue weighted by Crippen LogP contribution is 2.33. The number of rotatable bonds is 7. The number of sulfonamides is 1. The zero-order chi connectivity index (χ0) is 23.6. The van der Waals surface area contributed by atoms with Crippen LogP contribution in [0.4, 0.5) is 5.69 Å². The SMILES string of the molecule is CCN(CC)S(=O)(=O)c1ccc2c(c1)CCCN2C(=O)C1CC(=O)N(Cc2ccccn2)C1. The van der Waals surface area contributed by atoms with Gasteiger partial charge >= 0.3 is 0 Å². The third-order valence-corrected chi connectivity index (χ3v) is 8.47. The van der Waals surface area contributed by atoms with Crippen LogP contribution in [-0.4, -0.2) is 60.6 Å². The maximum Gasteiger partial charge on any atom is 0.243 e. The summed E-state index contributed by atoms with van der Waals surface area (Å²) in [7, 11) is -3.56. The molecule has 0 radical (unpaired) electrons. The van der Waals surface area contributed by atoms with Crippen molar-refractivity contribution in [2.45, 2.75) is 44.6 Å². The van der Waals surface area contributed by atoms with Crippen LogP contribution in [0.15, 0.2) is 47.5 Å². The highest BCUT2D eigenvalue weighted by Gasteiger charge is 2.38. The van der Waals surface area contributed by atoms with Crippen molar-refractivity contribution >= 4 is 27.5 Å². The van der Waals surface area contributed by atoms with E-state index < -0.39 is 15.9 Å². The van der Waals surface area contributed by atoms with Crippen LogP contribution in [0.1, 0.15) is 37.9 Å². The molecule has 0 bridgehead atoms. The summed E-state index contributed by atoms with van der Waals surface area (Å²) in [6, 6.07) is 10.6. The molecule has 4 rings (SSSR count). The third kappa shape index (κ3) is 4.65. The Morgan fingerprint density at radius 2 is 1.97 bits per heavy atom. The second-order valence-electron chi connectivity index (χ2n) is 8.47. The number of carbonyl (C=O) groups is 2. The minimum absolute atomic E-state index is 0.0445. The molecule has 2 aliphatic rings. The molecular formula is C24H30N4O4S. The van der Waals surface area contributed by atoms with Crippen molar-refractivity contribution in [2.24, 2.45) is 5.92 Å². The van der Waals surface area contributed by atoms with Gasteiger partial charge in [0.15, 0.2) is 0 Å². The van der Waals surface area contributed by atoms with Crippen LogP contribution in [0.25, 0.3) is 0 Å². The average Bonchev–Trinajstić information content (AvgIpc) is 3.19. The number of anilines is 1. The Kier molecular flexibility index (Phi) is 6.81. The number of carbonyl (C=O) groups excluding carboxylic acids is 2. The van der Waals surface area contributed by atoms with Crippen molar-refractivity contribution in [3.63, 3.8) is 0 Å². The average molecular weight is 471 g/mol. The topological polar surface area (TPSA) is 90.9 Å². The number of benzene rings is 1. The molecule has 0 saturated carbocycles. The number of nitrogens with zero attached hydrogens (tertiary/aromatic N) is 4. The van der Waals surface area contributed by atoms with E-state index in [4.69, 9.17) is 0 Å². The lowest BCUT2D eigenvalue weighted by Gasteiger charge is -2.32. The molecule has 1 fully saturated rings. The molecule has 0 N–H and O–H groups in total. The summed E-state index contributed by atoms with van der Waals surface area (Å²) in [5, 5.41) is 0. The number of likely N-dealkylation sites (tertiary alicyclic amines) is 1. The van der Waals surface area contributed by atoms with E-state index in [9.17, 15) is 18.0 Å². The smallest absolute Gasteiger partial charge is 0.243 e. The lowest BCUT2D eigenvalue weighted by atomic mass is 9.99. The molecule has 2 aliphatic heterocycles. The first kappa shape index (κ1) is 23.4. The first-order valence-electron chi connectivity index (χ1n) is 11.5. The van der Waals surface area contributed by atoms with E-state index in [0.717, 1.165) is 29.8 Å². The summed E-state index contributed by atoms with van der Waals surface area (Å²) < 4.78 is 27.3. The third-order valence-electron chi connectivity index (χ3n) is 6.42. The van der Waals surface area contributed by atoms with E-state index in [1.54, 1.807) is 34.2 Å². The van der Waals surface area contributed by atoms with Gasteiger partial charge in [-0.25, -0.2) is 8.42 Å². The van der Waals surface area contributed by atoms with Gasteiger partial charge in [-0.05, 0) is 48.7 Å². The van der Waals surface area contributed by atoms with Crippen molar-refractivity contribution < 1.29 is 18.0 Å². The Labute approximate surface area is 195 Å². The van der Waals surface area contributed by atoms with E-state index in [1.165, 1.54) is 4.31 Å². The minimum Gasteiger partial charge on any atom is -0.336 e. The van der Waals surface area contributed by atoms with Crippen LogP contribution < -0.4 is 4.90 Å². The monoisotopic (exact) mass is 470 g/mol. The number of amides is 2. The first-order valence-corrected chi connectivity index (χ1v) is 12.9. The fraction of sp³-hybridized carbons (Fsp3) is 0.458. The molecule has 8 nitrogen and oxygen atoms in total. The molecule has 1 unspecified atom stereocenters. The molecular weight excluding hydrogens is 440 g/mol. The molecule has 1 aromatic heterocycles. The Hall–Kier alpha value is -2.78. The summed E-state index contributed by atoms with van der Waals surface area (Å²) >= 11 is 0. The Morgan fingerprint density at radius 3 is 2.67 bits per heavy atom. The number of aromatic nitrogens is 1. The largest absolute Gasteiger partial charge is 0.336 e. The number of hydrogen-bond acceptors (Lipinski definition) is 5. The van der Waals surface area contributed by atoms with E-state index in [2.05, 4.69) is 4.98 Å². The lowest BCUT2D eigenvalue weighted by Crippen LogP contribution is -2.40. The summed E-state index contributed by atoms with van der Waals surface area (Å²) in [5.41, 5.74) is 2.40. The predicted molar refractivity (Wildman–Crippen MR) is 125 cm³/mol. The van der Waals surface area contributed by atoms with Gasteiger partial charge in [0.1, 0.15) is 0 Å². The molecule has 33 heavy (non-hydrogen) atoms. The Morgan fingerprint density at radius 1 is 1.18 bits per heavy atom. The fourth-order valence-corrected chi connectivity index (χ4v) is 6.18. The molecule has 1 saturated heterocycles. The van der Waals surface area contributed by atoms with Crippen molar-refractivity contribution in [2.75, 3.05) is 31.1 Å². The summed E-state index contributed by atoms with van der Waals surface area (Å²) in [5.74, 6) is -0.532. The minimum atomic E-state index is -3.56. The molecule has 3 heterocycles. The number of fused-ring (bicyclic) bond motifs is 1. The summed E-state index contributed by atoms with van der Waals surface area (Å²) in [6.07, 6.45) is 3.35. The highest BCUT2D eigenvalue weighted by atomic mass is 32.2. The van der Waals surface area contributed by atoms with Crippen LogP contribution in [-0.2, 0) is 32.6 Å². The van der Waals surface area contributed by atoms with Gasteiger partial charge in [-0.3, -0.25) is 14.6 Å². The molecule has 2 aromatic rings. The predicted octanol–water partition coefficient (Wildman–Crippen LogP) is 2.44. The van der Waals surface area contributed by atoms with Gasteiger partial charge in [0.25, 0.3) is 0 Å². The quantitative estimate of drug-likeness (QED) is 0.620. The van der Waals surface area contributed by atoms with Crippen molar-refractivity contribution in [1.29, 1.82) is 0 Å². The van der Waals surface area contributed by atoms with Gasteiger partial charge in [-0.1, -0.05) is 19.9 Å². The standard InChI is InChI=1S/C24H30N4O4S/c1-3-27(4-2)33(31,32)21-10-11-22-18(14-21)8-7-13-28(22)24(30)19-15-23(29)26(16-19)17-20-9-5-6-12-25-20/h5-6,9-12,14,19H,3-4,7-8,13,15-17H2,1-2H3. The number of hydrogen-bond donors (Lipinski definition) is 0. The van der Waals surface area contributed by atoms with Gasteiger partial charge in [0.05, 0.1) is 23.1 Å². The zero-order valence-corrected chi connectivity index (χ0v) is 19.9. The second kappa shape index (κ2) is 9.61. The van der Waals surface area contributed by atoms with Gasteiger partial charge < -0.3 is 9.80 Å². The maximum atomic E-state index is 13.4. The van der Waals surface area contributed by atoms with Crippen LogP contribution in [0.3, 0.4) is 0 Å². The van der Waals surface area contributed by atoms with Gasteiger partial charge in [0, 0.05) is 44.5 Å². The van der Waals surface area contributed by atoms with Crippen molar-refractivity contribution in [3.8, 4) is 0 Å². The highest BCUT2D eigenvalue weighted by molar-refractivity contribution is 7.89. The van der Waals surface area contributed by atoms with Crippen LogP contribution in [0, 0.1) is 5.92 Å². The van der Waals surface area contributed by atoms with E-state index in [1.807, 2.05) is 32.0 Å². The molecule has 1 atom stereocenters. The van der Waals surface area contributed by atoms with Crippen molar-refractivity contribution in [1.82, 2.24) is 14.2 Å². The second-order valence-corrected chi connectivity index (χ2v) is 10.4. The van der Waals surface area contributed by atoms with Crippen LogP contribution in [0.2, 0.25) is 0 Å². The Balaban J connectivity index is 1.52. The summed E-state index contributed by atoms with van der Waals surface area (Å²) in [6.45, 7) is 5.79. The molecule has 176 valence electrons. The first-order chi connectivity index (χ1) is 15.8.